The average Bonchev–Trinajstić information content (AvgIpc) is 3.46. The number of benzene rings is 1. The first-order chi connectivity index (χ1) is 15.2. The number of likely N-dealkylation sites (tertiary alicyclic amines) is 1. The second-order valence-corrected chi connectivity index (χ2v) is 8.94. The smallest absolute Gasteiger partial charge is 0.133 e. The molecule has 1 saturated heterocycles. The number of anilines is 1. The zero-order valence-corrected chi connectivity index (χ0v) is 18.0. The molecule has 158 valence electrons. The number of piperidine rings is 1. The first kappa shape index (κ1) is 19.8. The van der Waals surface area contributed by atoms with Crippen LogP contribution in [0.4, 0.5) is 5.82 Å². The monoisotopic (exact) mass is 432 g/mol. The minimum atomic E-state index is 0.319. The van der Waals surface area contributed by atoms with Gasteiger partial charge in [0.25, 0.3) is 0 Å². The maximum absolute atomic E-state index is 10.7. The van der Waals surface area contributed by atoms with Gasteiger partial charge in [0.15, 0.2) is 0 Å². The summed E-state index contributed by atoms with van der Waals surface area (Å²) in [6.45, 7) is 2.79. The van der Waals surface area contributed by atoms with E-state index in [1.807, 2.05) is 24.4 Å². The van der Waals surface area contributed by atoms with Gasteiger partial charge in [-0.1, -0.05) is 12.1 Å². The molecule has 0 radical (unpaired) electrons. The van der Waals surface area contributed by atoms with E-state index in [1.165, 1.54) is 0 Å². The molecule has 8 heteroatoms. The molecular formula is C23H24N6OS. The fourth-order valence-corrected chi connectivity index (χ4v) is 5.15. The van der Waals surface area contributed by atoms with Crippen LogP contribution in [0.2, 0.25) is 0 Å². The fourth-order valence-electron chi connectivity index (χ4n) is 4.16. The van der Waals surface area contributed by atoms with Gasteiger partial charge in [0, 0.05) is 43.0 Å². The van der Waals surface area contributed by atoms with Crippen molar-refractivity contribution in [3.05, 3.63) is 48.9 Å². The summed E-state index contributed by atoms with van der Waals surface area (Å²) < 4.78 is 3.18. The van der Waals surface area contributed by atoms with Crippen LogP contribution < -0.4 is 5.73 Å². The van der Waals surface area contributed by atoms with E-state index < -0.39 is 0 Å². The highest BCUT2D eigenvalue weighted by Gasteiger charge is 2.22. The van der Waals surface area contributed by atoms with E-state index in [4.69, 9.17) is 10.7 Å². The van der Waals surface area contributed by atoms with Crippen LogP contribution in [0.25, 0.3) is 31.9 Å². The highest BCUT2D eigenvalue weighted by molar-refractivity contribution is 7.21. The van der Waals surface area contributed by atoms with Crippen molar-refractivity contribution in [1.29, 1.82) is 0 Å². The third-order valence-electron chi connectivity index (χ3n) is 5.80. The third kappa shape index (κ3) is 4.08. The summed E-state index contributed by atoms with van der Waals surface area (Å²) in [5, 5.41) is 5.51. The minimum absolute atomic E-state index is 0.319. The maximum atomic E-state index is 10.7. The second kappa shape index (κ2) is 8.56. The van der Waals surface area contributed by atoms with E-state index in [2.05, 4.69) is 38.0 Å². The Labute approximate surface area is 184 Å². The lowest BCUT2D eigenvalue weighted by Crippen LogP contribution is -2.37. The fraction of sp³-hybridized carbons (Fsp3) is 0.304. The number of pyridine rings is 1. The molecule has 0 aliphatic carbocycles. The SMILES string of the molecule is Nc1ncc(-c2cnn(C3CCCN(CCC=O)C3)c2)cc1-c1nc2ccccc2s1. The van der Waals surface area contributed by atoms with E-state index in [0.29, 0.717) is 18.3 Å². The maximum Gasteiger partial charge on any atom is 0.133 e. The largest absolute Gasteiger partial charge is 0.383 e. The Balaban J connectivity index is 1.41. The van der Waals surface area contributed by atoms with Gasteiger partial charge in [-0.25, -0.2) is 9.97 Å². The number of para-hydroxylation sites is 1. The van der Waals surface area contributed by atoms with Crippen molar-refractivity contribution in [1.82, 2.24) is 24.6 Å². The van der Waals surface area contributed by atoms with Crippen molar-refractivity contribution in [2.24, 2.45) is 0 Å². The number of rotatable bonds is 6. The van der Waals surface area contributed by atoms with E-state index in [1.54, 1.807) is 17.5 Å². The van der Waals surface area contributed by atoms with Gasteiger partial charge >= 0.3 is 0 Å². The molecule has 2 N–H and O–H groups in total. The highest BCUT2D eigenvalue weighted by Crippen LogP contribution is 2.35. The molecule has 5 rings (SSSR count). The zero-order chi connectivity index (χ0) is 21.2. The lowest BCUT2D eigenvalue weighted by molar-refractivity contribution is -0.108. The van der Waals surface area contributed by atoms with Gasteiger partial charge in [-0.15, -0.1) is 11.3 Å². The Morgan fingerprint density at radius 3 is 3.00 bits per heavy atom. The first-order valence-electron chi connectivity index (χ1n) is 10.5. The predicted octanol–water partition coefficient (Wildman–Crippen LogP) is 4.03. The van der Waals surface area contributed by atoms with Gasteiger partial charge in [-0.3, -0.25) is 4.68 Å². The molecule has 0 saturated carbocycles. The van der Waals surface area contributed by atoms with Crippen LogP contribution >= 0.6 is 11.3 Å². The van der Waals surface area contributed by atoms with Gasteiger partial charge in [-0.05, 0) is 37.6 Å². The Kier molecular flexibility index (Phi) is 5.48. The predicted molar refractivity (Wildman–Crippen MR) is 124 cm³/mol. The normalized spacial score (nSPS) is 17.2. The highest BCUT2D eigenvalue weighted by atomic mass is 32.1. The molecule has 3 aromatic heterocycles. The number of carbonyl (C=O) groups excluding carboxylic acids is 1. The van der Waals surface area contributed by atoms with Crippen molar-refractivity contribution >= 4 is 33.7 Å². The van der Waals surface area contributed by atoms with Crippen LogP contribution in [-0.4, -0.2) is 50.6 Å². The Morgan fingerprint density at radius 2 is 2.13 bits per heavy atom. The molecule has 1 fully saturated rings. The average molecular weight is 433 g/mol. The molecule has 7 nitrogen and oxygen atoms in total. The Hall–Kier alpha value is -3.10. The first-order valence-corrected chi connectivity index (χ1v) is 11.3. The van der Waals surface area contributed by atoms with Gasteiger partial charge < -0.3 is 15.4 Å². The Morgan fingerprint density at radius 1 is 1.23 bits per heavy atom. The summed E-state index contributed by atoms with van der Waals surface area (Å²) in [6.07, 6.45) is 9.56. The summed E-state index contributed by atoms with van der Waals surface area (Å²) in [4.78, 5) is 22.2. The summed E-state index contributed by atoms with van der Waals surface area (Å²) in [5.74, 6) is 0.480. The number of nitrogens with two attached hydrogens (primary N) is 1. The minimum Gasteiger partial charge on any atom is -0.383 e. The van der Waals surface area contributed by atoms with Crippen LogP contribution in [-0.2, 0) is 4.79 Å². The van der Waals surface area contributed by atoms with Gasteiger partial charge in [0.05, 0.1) is 28.0 Å². The van der Waals surface area contributed by atoms with Crippen LogP contribution in [0.3, 0.4) is 0 Å². The van der Waals surface area contributed by atoms with Crippen LogP contribution in [0, 0.1) is 0 Å². The Bertz CT molecular complexity index is 1180. The molecule has 4 heterocycles. The number of nitrogens with zero attached hydrogens (tertiary/aromatic N) is 5. The molecule has 1 aliphatic rings. The standard InChI is InChI=1S/C23H24N6OS/c24-22-19(23-27-20-6-1-2-7-21(20)31-23)11-16(12-25-22)17-13-26-29(14-17)18-5-3-8-28(15-18)9-4-10-30/h1-2,6-7,10-14,18H,3-5,8-9,15H2,(H2,24,25). The zero-order valence-electron chi connectivity index (χ0n) is 17.1. The molecule has 0 bridgehead atoms. The molecule has 0 amide bonds. The summed E-state index contributed by atoms with van der Waals surface area (Å²) >= 11 is 1.62. The summed E-state index contributed by atoms with van der Waals surface area (Å²) in [6, 6.07) is 10.5. The van der Waals surface area contributed by atoms with Crippen LogP contribution in [0.15, 0.2) is 48.9 Å². The number of carbonyl (C=O) groups is 1. The van der Waals surface area contributed by atoms with Gasteiger partial charge in [0.2, 0.25) is 0 Å². The molecule has 1 atom stereocenters. The molecule has 1 aromatic carbocycles. The molecular weight excluding hydrogens is 408 g/mol. The van der Waals surface area contributed by atoms with Crippen LogP contribution in [0.5, 0.6) is 0 Å². The number of hydrogen-bond donors (Lipinski definition) is 1. The van der Waals surface area contributed by atoms with E-state index in [-0.39, 0.29) is 0 Å². The van der Waals surface area contributed by atoms with Crippen molar-refractivity contribution in [2.45, 2.75) is 25.3 Å². The third-order valence-corrected chi connectivity index (χ3v) is 6.87. The molecule has 1 aliphatic heterocycles. The van der Waals surface area contributed by atoms with Crippen molar-refractivity contribution < 1.29 is 4.79 Å². The summed E-state index contributed by atoms with van der Waals surface area (Å²) in [5.41, 5.74) is 10.0. The lowest BCUT2D eigenvalue weighted by Gasteiger charge is -2.32. The summed E-state index contributed by atoms with van der Waals surface area (Å²) in [7, 11) is 0. The van der Waals surface area contributed by atoms with E-state index >= 15 is 0 Å². The van der Waals surface area contributed by atoms with Crippen molar-refractivity contribution in [2.75, 3.05) is 25.4 Å². The van der Waals surface area contributed by atoms with Gasteiger partial charge in [0.1, 0.15) is 17.1 Å². The lowest BCUT2D eigenvalue weighted by atomic mass is 10.1. The molecule has 0 spiro atoms. The van der Waals surface area contributed by atoms with E-state index in [0.717, 1.165) is 70.7 Å². The number of fused-ring (bicyclic) bond motifs is 1. The topological polar surface area (TPSA) is 89.9 Å². The molecule has 1 unspecified atom stereocenters. The molecule has 31 heavy (non-hydrogen) atoms. The van der Waals surface area contributed by atoms with Crippen molar-refractivity contribution in [3.8, 4) is 21.7 Å². The van der Waals surface area contributed by atoms with Gasteiger partial charge in [-0.2, -0.15) is 5.10 Å². The second-order valence-electron chi connectivity index (χ2n) is 7.90. The van der Waals surface area contributed by atoms with E-state index in [9.17, 15) is 4.79 Å². The molecule has 4 aromatic rings. The number of thiazole rings is 1. The van der Waals surface area contributed by atoms with Crippen LogP contribution in [0.1, 0.15) is 25.3 Å². The number of aromatic nitrogens is 4. The quantitative estimate of drug-likeness (QED) is 0.463. The number of hydrogen-bond acceptors (Lipinski definition) is 7. The number of nitrogen functional groups attached to an aromatic ring is 1. The van der Waals surface area contributed by atoms with Crippen molar-refractivity contribution in [3.63, 3.8) is 0 Å². The number of aldehydes is 1.